The summed E-state index contributed by atoms with van der Waals surface area (Å²) in [6.07, 6.45) is 3.74. The third-order valence-corrected chi connectivity index (χ3v) is 4.79. The first-order valence-corrected chi connectivity index (χ1v) is 9.65. The van der Waals surface area contributed by atoms with Gasteiger partial charge in [0.15, 0.2) is 0 Å². The van der Waals surface area contributed by atoms with Crippen LogP contribution < -0.4 is 0 Å². The highest BCUT2D eigenvalue weighted by Gasteiger charge is 2.12. The van der Waals surface area contributed by atoms with Crippen LogP contribution in [0.25, 0.3) is 17.2 Å². The van der Waals surface area contributed by atoms with Crippen molar-refractivity contribution < 1.29 is 4.79 Å². The van der Waals surface area contributed by atoms with Crippen LogP contribution in [0.15, 0.2) is 48.0 Å². The second-order valence-corrected chi connectivity index (χ2v) is 6.66. The molecule has 0 heterocycles. The van der Waals surface area contributed by atoms with E-state index in [0.29, 0.717) is 18.7 Å². The number of hydrogen-bond donors (Lipinski definition) is 0. The molecule has 1 amide bonds. The summed E-state index contributed by atoms with van der Waals surface area (Å²) in [6.45, 7) is 9.54. The summed E-state index contributed by atoms with van der Waals surface area (Å²) < 4.78 is 0. The highest BCUT2D eigenvalue weighted by molar-refractivity contribution is 5.94. The average Bonchev–Trinajstić information content (AvgIpc) is 2.70. The van der Waals surface area contributed by atoms with E-state index in [0.717, 1.165) is 40.7 Å². The maximum Gasteiger partial charge on any atom is 0.253 e. The number of nitrogens with zero attached hydrogens (tertiary/aromatic N) is 2. The van der Waals surface area contributed by atoms with Crippen LogP contribution in [0.3, 0.4) is 0 Å². The monoisotopic (exact) mass is 360 g/mol. The molecule has 140 valence electrons. The molecule has 2 aromatic rings. The van der Waals surface area contributed by atoms with Crippen LogP contribution in [-0.4, -0.2) is 23.9 Å². The number of nitriles is 1. The summed E-state index contributed by atoms with van der Waals surface area (Å²) in [5.74, 6) is 0.0670. The summed E-state index contributed by atoms with van der Waals surface area (Å²) in [5, 5.41) is 9.31. The Kier molecular flexibility index (Phi) is 7.37. The maximum atomic E-state index is 12.5. The van der Waals surface area contributed by atoms with Gasteiger partial charge in [-0.15, -0.1) is 0 Å². The molecule has 0 N–H and O–H groups in total. The molecule has 2 aromatic carbocycles. The van der Waals surface area contributed by atoms with E-state index in [4.69, 9.17) is 0 Å². The molecule has 2 rings (SSSR count). The Morgan fingerprint density at radius 2 is 1.67 bits per heavy atom. The van der Waals surface area contributed by atoms with Crippen molar-refractivity contribution in [3.8, 4) is 17.2 Å². The van der Waals surface area contributed by atoms with Crippen LogP contribution in [0.1, 0.15) is 55.1 Å². The van der Waals surface area contributed by atoms with Crippen LogP contribution in [0.2, 0.25) is 0 Å². The van der Waals surface area contributed by atoms with E-state index < -0.39 is 0 Å². The summed E-state index contributed by atoms with van der Waals surface area (Å²) >= 11 is 0. The number of carbonyl (C=O) groups excluding carboxylic acids is 1. The Morgan fingerprint density at radius 1 is 1.04 bits per heavy atom. The van der Waals surface area contributed by atoms with Crippen molar-refractivity contribution in [2.45, 2.75) is 40.5 Å². The molecule has 27 heavy (non-hydrogen) atoms. The van der Waals surface area contributed by atoms with Gasteiger partial charge in [-0.1, -0.05) is 37.6 Å². The van der Waals surface area contributed by atoms with Crippen LogP contribution in [0, 0.1) is 18.3 Å². The largest absolute Gasteiger partial charge is 0.339 e. The van der Waals surface area contributed by atoms with Gasteiger partial charge >= 0.3 is 0 Å². The predicted molar refractivity (Wildman–Crippen MR) is 112 cm³/mol. The molecule has 0 aliphatic heterocycles. The molecular formula is C24H28N2O. The van der Waals surface area contributed by atoms with Crippen molar-refractivity contribution in [3.05, 3.63) is 64.7 Å². The zero-order valence-corrected chi connectivity index (χ0v) is 16.7. The Hall–Kier alpha value is -2.86. The molecule has 0 aliphatic carbocycles. The molecule has 3 heteroatoms. The van der Waals surface area contributed by atoms with E-state index in [1.807, 2.05) is 49.1 Å². The zero-order chi connectivity index (χ0) is 19.8. The fourth-order valence-electron chi connectivity index (χ4n) is 3.09. The number of aryl methyl sites for hydroxylation is 1. The lowest BCUT2D eigenvalue weighted by molar-refractivity contribution is 0.0773. The first-order valence-electron chi connectivity index (χ1n) is 9.65. The Morgan fingerprint density at radius 3 is 2.22 bits per heavy atom. The zero-order valence-electron chi connectivity index (χ0n) is 16.7. The van der Waals surface area contributed by atoms with Gasteiger partial charge < -0.3 is 4.90 Å². The summed E-state index contributed by atoms with van der Waals surface area (Å²) in [7, 11) is 0. The number of carbonyl (C=O) groups is 1. The molecular weight excluding hydrogens is 332 g/mol. The standard InChI is InChI=1S/C24H28N2O/c1-5-8-19(17-25)15-23-16-22(10-9-18(23)4)20-11-13-21(14-12-20)24(27)26(6-2)7-3/h9-16H,5-8H2,1-4H3/b19-15+. The predicted octanol–water partition coefficient (Wildman–Crippen LogP) is 5.85. The fourth-order valence-corrected chi connectivity index (χ4v) is 3.09. The normalized spacial score (nSPS) is 11.1. The SMILES string of the molecule is CCC/C(C#N)=C\c1cc(-c2ccc(C(=O)N(CC)CC)cc2)ccc1C. The molecule has 0 radical (unpaired) electrons. The number of amides is 1. The number of rotatable bonds is 7. The molecule has 3 nitrogen and oxygen atoms in total. The van der Waals surface area contributed by atoms with Gasteiger partial charge in [-0.2, -0.15) is 5.26 Å². The van der Waals surface area contributed by atoms with Crippen molar-refractivity contribution >= 4 is 12.0 Å². The lowest BCUT2D eigenvalue weighted by atomic mass is 9.97. The van der Waals surface area contributed by atoms with E-state index in [1.165, 1.54) is 0 Å². The molecule has 0 aliphatic rings. The van der Waals surface area contributed by atoms with E-state index >= 15 is 0 Å². The molecule has 0 unspecified atom stereocenters. The van der Waals surface area contributed by atoms with E-state index in [1.54, 1.807) is 0 Å². The van der Waals surface area contributed by atoms with Gasteiger partial charge in [-0.3, -0.25) is 4.79 Å². The van der Waals surface area contributed by atoms with E-state index in [9.17, 15) is 10.1 Å². The number of hydrogen-bond acceptors (Lipinski definition) is 2. The second-order valence-electron chi connectivity index (χ2n) is 6.66. The minimum absolute atomic E-state index is 0.0670. The minimum Gasteiger partial charge on any atom is -0.339 e. The van der Waals surface area contributed by atoms with Crippen LogP contribution in [0.4, 0.5) is 0 Å². The highest BCUT2D eigenvalue weighted by Crippen LogP contribution is 2.25. The molecule has 0 fully saturated rings. The Bertz CT molecular complexity index is 853. The van der Waals surface area contributed by atoms with Gasteiger partial charge in [0.05, 0.1) is 6.07 Å². The smallest absolute Gasteiger partial charge is 0.253 e. The Balaban J connectivity index is 2.33. The van der Waals surface area contributed by atoms with Gasteiger partial charge in [-0.25, -0.2) is 0 Å². The van der Waals surface area contributed by atoms with Crippen LogP contribution >= 0.6 is 0 Å². The molecule has 0 spiro atoms. The Labute approximate surface area is 162 Å². The van der Waals surface area contributed by atoms with Crippen molar-refractivity contribution in [2.75, 3.05) is 13.1 Å². The summed E-state index contributed by atoms with van der Waals surface area (Å²) in [5.41, 5.74) is 5.89. The van der Waals surface area contributed by atoms with Crippen molar-refractivity contribution in [1.29, 1.82) is 5.26 Å². The van der Waals surface area contributed by atoms with Crippen LogP contribution in [0.5, 0.6) is 0 Å². The average molecular weight is 361 g/mol. The maximum absolute atomic E-state index is 12.5. The molecule has 0 saturated heterocycles. The molecule has 0 aromatic heterocycles. The first kappa shape index (κ1) is 20.5. The summed E-state index contributed by atoms with van der Waals surface area (Å²) in [4.78, 5) is 14.3. The minimum atomic E-state index is 0.0670. The van der Waals surface area contributed by atoms with Crippen molar-refractivity contribution in [3.63, 3.8) is 0 Å². The van der Waals surface area contributed by atoms with Crippen molar-refractivity contribution in [1.82, 2.24) is 4.90 Å². The molecule has 0 atom stereocenters. The second kappa shape index (κ2) is 9.73. The van der Waals surface area contributed by atoms with Gasteiger partial charge in [0, 0.05) is 24.2 Å². The molecule has 0 bridgehead atoms. The van der Waals surface area contributed by atoms with Crippen molar-refractivity contribution in [2.24, 2.45) is 0 Å². The van der Waals surface area contributed by atoms with Gasteiger partial charge in [0.2, 0.25) is 0 Å². The topological polar surface area (TPSA) is 44.1 Å². The van der Waals surface area contributed by atoms with Gasteiger partial charge in [0.1, 0.15) is 0 Å². The fraction of sp³-hybridized carbons (Fsp3) is 0.333. The van der Waals surface area contributed by atoms with E-state index in [2.05, 4.69) is 38.1 Å². The first-order chi connectivity index (χ1) is 13.0. The van der Waals surface area contributed by atoms with Gasteiger partial charge in [-0.05, 0) is 73.7 Å². The lowest BCUT2D eigenvalue weighted by Gasteiger charge is -2.18. The molecule has 0 saturated carbocycles. The number of allylic oxidation sites excluding steroid dienone is 1. The quantitative estimate of drug-likeness (QED) is 0.581. The third kappa shape index (κ3) is 5.08. The summed E-state index contributed by atoms with van der Waals surface area (Å²) in [6, 6.07) is 16.3. The number of benzene rings is 2. The lowest BCUT2D eigenvalue weighted by Crippen LogP contribution is -2.30. The van der Waals surface area contributed by atoms with Gasteiger partial charge in [0.25, 0.3) is 5.91 Å². The van der Waals surface area contributed by atoms with E-state index in [-0.39, 0.29) is 5.91 Å². The highest BCUT2D eigenvalue weighted by atomic mass is 16.2. The van der Waals surface area contributed by atoms with Crippen LogP contribution in [-0.2, 0) is 0 Å². The third-order valence-electron chi connectivity index (χ3n) is 4.79.